The van der Waals surface area contributed by atoms with Crippen molar-refractivity contribution < 1.29 is 8.78 Å². The van der Waals surface area contributed by atoms with Crippen LogP contribution in [0.3, 0.4) is 0 Å². The lowest BCUT2D eigenvalue weighted by molar-refractivity contribution is -0.134. The van der Waals surface area contributed by atoms with Crippen LogP contribution in [0.4, 0.5) is 8.78 Å². The van der Waals surface area contributed by atoms with Crippen LogP contribution in [0.15, 0.2) is 0 Å². The van der Waals surface area contributed by atoms with Gasteiger partial charge >= 0.3 is 0 Å². The van der Waals surface area contributed by atoms with Gasteiger partial charge in [0.05, 0.1) is 0 Å². The molecule has 0 aromatic carbocycles. The Morgan fingerprint density at radius 3 is 2.10 bits per heavy atom. The van der Waals surface area contributed by atoms with Gasteiger partial charge in [-0.25, -0.2) is 8.78 Å². The van der Waals surface area contributed by atoms with Crippen molar-refractivity contribution >= 4 is 0 Å². The fraction of sp³-hybridized carbons (Fsp3) is 1.00. The van der Waals surface area contributed by atoms with Crippen molar-refractivity contribution in [2.45, 2.75) is 31.2 Å². The number of hydrogen-bond donors (Lipinski definition) is 0. The number of likely N-dealkylation sites (tertiary alicyclic amines) is 1. The van der Waals surface area contributed by atoms with Crippen LogP contribution in [0, 0.1) is 0 Å². The van der Waals surface area contributed by atoms with Gasteiger partial charge in [-0.3, -0.25) is 4.90 Å². The monoisotopic (exact) mass is 147 g/mol. The molecular formula is C7H11F2N. The summed E-state index contributed by atoms with van der Waals surface area (Å²) in [5, 5.41) is 0. The van der Waals surface area contributed by atoms with Crippen LogP contribution >= 0.6 is 0 Å². The lowest BCUT2D eigenvalue weighted by Crippen LogP contribution is -2.55. The van der Waals surface area contributed by atoms with Gasteiger partial charge in [0, 0.05) is 18.9 Å². The Balaban J connectivity index is 1.79. The van der Waals surface area contributed by atoms with Crippen LogP contribution in [0.5, 0.6) is 0 Å². The van der Waals surface area contributed by atoms with Gasteiger partial charge in [0.1, 0.15) is 0 Å². The summed E-state index contributed by atoms with van der Waals surface area (Å²) in [5.74, 6) is -2.33. The molecule has 0 aromatic heterocycles. The second kappa shape index (κ2) is 1.91. The molecule has 0 N–H and O–H groups in total. The average molecular weight is 147 g/mol. The number of hydrogen-bond acceptors (Lipinski definition) is 1. The molecule has 1 saturated heterocycles. The van der Waals surface area contributed by atoms with Crippen LogP contribution in [-0.4, -0.2) is 30.0 Å². The fourth-order valence-electron chi connectivity index (χ4n) is 1.59. The Morgan fingerprint density at radius 2 is 1.80 bits per heavy atom. The van der Waals surface area contributed by atoms with E-state index in [0.717, 1.165) is 13.1 Å². The third-order valence-electron chi connectivity index (χ3n) is 2.48. The first-order valence-electron chi connectivity index (χ1n) is 3.79. The third-order valence-corrected chi connectivity index (χ3v) is 2.48. The highest BCUT2D eigenvalue weighted by atomic mass is 19.3. The Kier molecular flexibility index (Phi) is 1.24. The molecule has 2 fully saturated rings. The van der Waals surface area contributed by atoms with E-state index < -0.39 is 5.92 Å². The lowest BCUT2D eigenvalue weighted by atomic mass is 9.85. The Labute approximate surface area is 59.0 Å². The van der Waals surface area contributed by atoms with Crippen molar-refractivity contribution in [2.75, 3.05) is 13.1 Å². The van der Waals surface area contributed by atoms with Crippen LogP contribution in [0.25, 0.3) is 0 Å². The third kappa shape index (κ3) is 0.926. The van der Waals surface area contributed by atoms with Crippen molar-refractivity contribution in [1.29, 1.82) is 0 Å². The number of rotatable bonds is 1. The normalized spacial score (nSPS) is 33.0. The zero-order valence-corrected chi connectivity index (χ0v) is 5.82. The molecule has 1 aliphatic carbocycles. The largest absolute Gasteiger partial charge is 0.300 e. The van der Waals surface area contributed by atoms with Crippen molar-refractivity contribution in [2.24, 2.45) is 0 Å². The standard InChI is InChI=1S/C7H11F2N/c8-7(9)4-6(5-7)10-2-1-3-10/h6H,1-5H2. The average Bonchev–Trinajstić information content (AvgIpc) is 1.54. The van der Waals surface area contributed by atoms with Gasteiger partial charge in [-0.1, -0.05) is 0 Å². The van der Waals surface area contributed by atoms with E-state index >= 15 is 0 Å². The Bertz CT molecular complexity index is 135. The van der Waals surface area contributed by atoms with Crippen LogP contribution in [0.1, 0.15) is 19.3 Å². The molecule has 0 atom stereocenters. The van der Waals surface area contributed by atoms with Crippen LogP contribution in [0.2, 0.25) is 0 Å². The molecule has 2 rings (SSSR count). The first-order chi connectivity index (χ1) is 4.67. The smallest absolute Gasteiger partial charge is 0.251 e. The van der Waals surface area contributed by atoms with E-state index in [0.29, 0.717) is 0 Å². The molecule has 3 heteroatoms. The topological polar surface area (TPSA) is 3.24 Å². The highest BCUT2D eigenvalue weighted by molar-refractivity contribution is 4.94. The molecule has 1 nitrogen and oxygen atoms in total. The molecule has 0 radical (unpaired) electrons. The zero-order chi connectivity index (χ0) is 7.19. The minimum atomic E-state index is -2.33. The summed E-state index contributed by atoms with van der Waals surface area (Å²) in [6.45, 7) is 2.08. The Morgan fingerprint density at radius 1 is 1.20 bits per heavy atom. The van der Waals surface area contributed by atoms with Gasteiger partial charge < -0.3 is 0 Å². The minimum Gasteiger partial charge on any atom is -0.300 e. The van der Waals surface area contributed by atoms with E-state index in [-0.39, 0.29) is 18.9 Å². The van der Waals surface area contributed by atoms with Crippen LogP contribution < -0.4 is 0 Å². The summed E-state index contributed by atoms with van der Waals surface area (Å²) in [4.78, 5) is 2.15. The first-order valence-corrected chi connectivity index (χ1v) is 3.79. The zero-order valence-electron chi connectivity index (χ0n) is 5.82. The van der Waals surface area contributed by atoms with Gasteiger partial charge in [-0.15, -0.1) is 0 Å². The maximum atomic E-state index is 12.3. The first kappa shape index (κ1) is 6.53. The second-order valence-corrected chi connectivity index (χ2v) is 3.31. The number of nitrogens with zero attached hydrogens (tertiary/aromatic N) is 1. The minimum absolute atomic E-state index is 0.104. The second-order valence-electron chi connectivity index (χ2n) is 3.31. The maximum Gasteiger partial charge on any atom is 0.251 e. The van der Waals surface area contributed by atoms with Gasteiger partial charge in [-0.2, -0.15) is 0 Å². The van der Waals surface area contributed by atoms with E-state index in [4.69, 9.17) is 0 Å². The molecule has 1 saturated carbocycles. The molecule has 0 amide bonds. The molecule has 1 heterocycles. The molecular weight excluding hydrogens is 136 g/mol. The van der Waals surface area contributed by atoms with Crippen molar-refractivity contribution in [3.8, 4) is 0 Å². The molecule has 2 aliphatic rings. The van der Waals surface area contributed by atoms with Crippen LogP contribution in [-0.2, 0) is 0 Å². The lowest BCUT2D eigenvalue weighted by Gasteiger charge is -2.46. The predicted molar refractivity (Wildman–Crippen MR) is 34.2 cm³/mol. The number of halogens is 2. The fourth-order valence-corrected chi connectivity index (χ4v) is 1.59. The summed E-state index contributed by atoms with van der Waals surface area (Å²) in [6.07, 6.45) is 1.40. The maximum absolute atomic E-state index is 12.3. The van der Waals surface area contributed by atoms with E-state index in [2.05, 4.69) is 4.90 Å². The predicted octanol–water partition coefficient (Wildman–Crippen LogP) is 1.49. The van der Waals surface area contributed by atoms with Gasteiger partial charge in [0.15, 0.2) is 0 Å². The molecule has 1 aliphatic heterocycles. The SMILES string of the molecule is FC1(F)CC(N2CCC2)C1. The van der Waals surface area contributed by atoms with Gasteiger partial charge in [0.25, 0.3) is 5.92 Å². The summed E-state index contributed by atoms with van der Waals surface area (Å²) in [5.41, 5.74) is 0. The molecule has 0 spiro atoms. The van der Waals surface area contributed by atoms with E-state index in [1.807, 2.05) is 0 Å². The summed E-state index contributed by atoms with van der Waals surface area (Å²) in [6, 6.07) is 0.212. The molecule has 10 heavy (non-hydrogen) atoms. The van der Waals surface area contributed by atoms with Crippen molar-refractivity contribution in [1.82, 2.24) is 4.90 Å². The molecule has 58 valence electrons. The highest BCUT2D eigenvalue weighted by Crippen LogP contribution is 2.41. The van der Waals surface area contributed by atoms with Gasteiger partial charge in [0.2, 0.25) is 0 Å². The quantitative estimate of drug-likeness (QED) is 0.543. The van der Waals surface area contributed by atoms with Gasteiger partial charge in [-0.05, 0) is 19.5 Å². The molecule has 0 aromatic rings. The number of alkyl halides is 2. The van der Waals surface area contributed by atoms with E-state index in [1.165, 1.54) is 6.42 Å². The summed E-state index contributed by atoms with van der Waals surface area (Å²) < 4.78 is 24.6. The Hall–Kier alpha value is -0.180. The van der Waals surface area contributed by atoms with Crippen molar-refractivity contribution in [3.63, 3.8) is 0 Å². The van der Waals surface area contributed by atoms with E-state index in [9.17, 15) is 8.78 Å². The van der Waals surface area contributed by atoms with Crippen molar-refractivity contribution in [3.05, 3.63) is 0 Å². The highest BCUT2D eigenvalue weighted by Gasteiger charge is 2.48. The summed E-state index contributed by atoms with van der Waals surface area (Å²) >= 11 is 0. The molecule has 0 bridgehead atoms. The molecule has 0 unspecified atom stereocenters. The summed E-state index contributed by atoms with van der Waals surface area (Å²) in [7, 11) is 0. The van der Waals surface area contributed by atoms with E-state index in [1.54, 1.807) is 0 Å².